The molecule has 1 aromatic rings. The molecule has 1 atom stereocenters. The Balaban J connectivity index is 3.20. The smallest absolute Gasteiger partial charge is 0.222 e. The fraction of sp³-hybridized carbons (Fsp3) is 0.364. The van der Waals surface area contributed by atoms with Gasteiger partial charge in [-0.3, -0.25) is 0 Å². The van der Waals surface area contributed by atoms with Gasteiger partial charge in [-0.25, -0.2) is 13.2 Å². The standard InChI is InChI=1S/C11H14N2O5S2/c1-8-4-5-11(9(2)6-8)19(15,16)10(3)13-20(17,18)12-7-14/h4-6,10,13H,1-3H3. The number of hydrogen-bond donors (Lipinski definition) is 1. The van der Waals surface area contributed by atoms with Gasteiger partial charge in [-0.1, -0.05) is 22.1 Å². The van der Waals surface area contributed by atoms with Crippen LogP contribution in [0.5, 0.6) is 0 Å². The van der Waals surface area contributed by atoms with Crippen LogP contribution in [0.2, 0.25) is 0 Å². The SMILES string of the molecule is Cc1ccc(S(=O)(=O)C(C)NS(=O)(=O)N=C=O)c(C)c1. The quantitative estimate of drug-likeness (QED) is 0.631. The summed E-state index contributed by atoms with van der Waals surface area (Å²) >= 11 is 0. The minimum absolute atomic E-state index is 0.0217. The van der Waals surface area contributed by atoms with Crippen molar-refractivity contribution in [1.29, 1.82) is 0 Å². The van der Waals surface area contributed by atoms with Crippen LogP contribution in [-0.4, -0.2) is 28.3 Å². The van der Waals surface area contributed by atoms with Crippen LogP contribution in [0.1, 0.15) is 18.1 Å². The van der Waals surface area contributed by atoms with E-state index in [1.54, 1.807) is 23.8 Å². The summed E-state index contributed by atoms with van der Waals surface area (Å²) in [5, 5.41) is -1.45. The van der Waals surface area contributed by atoms with Gasteiger partial charge < -0.3 is 0 Å². The fourth-order valence-electron chi connectivity index (χ4n) is 1.66. The first kappa shape index (κ1) is 16.5. The molecule has 9 heteroatoms. The molecule has 1 aromatic carbocycles. The van der Waals surface area contributed by atoms with Crippen LogP contribution in [0, 0.1) is 13.8 Å². The predicted molar refractivity (Wildman–Crippen MR) is 72.7 cm³/mol. The van der Waals surface area contributed by atoms with Crippen molar-refractivity contribution >= 4 is 26.1 Å². The molecule has 20 heavy (non-hydrogen) atoms. The Morgan fingerprint density at radius 1 is 1.20 bits per heavy atom. The first-order valence-electron chi connectivity index (χ1n) is 5.52. The number of nitrogens with one attached hydrogen (secondary N) is 1. The van der Waals surface area contributed by atoms with Gasteiger partial charge in [0.2, 0.25) is 0 Å². The van der Waals surface area contributed by atoms with E-state index < -0.39 is 25.4 Å². The number of benzene rings is 1. The molecule has 0 aliphatic carbocycles. The van der Waals surface area contributed by atoms with Crippen molar-refractivity contribution in [3.8, 4) is 0 Å². The van der Waals surface area contributed by atoms with Crippen LogP contribution < -0.4 is 4.72 Å². The third kappa shape index (κ3) is 3.73. The van der Waals surface area contributed by atoms with Crippen molar-refractivity contribution in [2.45, 2.75) is 31.0 Å². The van der Waals surface area contributed by atoms with Crippen LogP contribution >= 0.6 is 0 Å². The van der Waals surface area contributed by atoms with E-state index in [1.807, 2.05) is 6.92 Å². The molecule has 0 amide bonds. The summed E-state index contributed by atoms with van der Waals surface area (Å²) in [6.07, 6.45) is 0.853. The van der Waals surface area contributed by atoms with Crippen molar-refractivity contribution < 1.29 is 21.6 Å². The first-order chi connectivity index (χ1) is 9.10. The Bertz CT molecular complexity index is 762. The Morgan fingerprint density at radius 2 is 1.80 bits per heavy atom. The van der Waals surface area contributed by atoms with E-state index in [0.29, 0.717) is 5.56 Å². The zero-order chi connectivity index (χ0) is 15.6. The van der Waals surface area contributed by atoms with Gasteiger partial charge in [0.1, 0.15) is 5.37 Å². The molecule has 0 aromatic heterocycles. The van der Waals surface area contributed by atoms with Gasteiger partial charge >= 0.3 is 10.2 Å². The number of aryl methyl sites for hydroxylation is 2. The average molecular weight is 318 g/mol. The Morgan fingerprint density at radius 3 is 2.30 bits per heavy atom. The maximum Gasteiger partial charge on any atom is 0.331 e. The van der Waals surface area contributed by atoms with E-state index >= 15 is 0 Å². The maximum absolute atomic E-state index is 12.3. The van der Waals surface area contributed by atoms with Crippen LogP contribution in [0.25, 0.3) is 0 Å². The maximum atomic E-state index is 12.3. The lowest BCUT2D eigenvalue weighted by atomic mass is 10.2. The summed E-state index contributed by atoms with van der Waals surface area (Å²) in [6.45, 7) is 4.59. The molecule has 7 nitrogen and oxygen atoms in total. The van der Waals surface area contributed by atoms with Gasteiger partial charge in [-0.15, -0.1) is 0 Å². The predicted octanol–water partition coefficient (Wildman–Crippen LogP) is 0.593. The van der Waals surface area contributed by atoms with E-state index in [-0.39, 0.29) is 4.90 Å². The minimum atomic E-state index is -4.37. The molecule has 1 unspecified atom stereocenters. The lowest BCUT2D eigenvalue weighted by Crippen LogP contribution is -2.37. The third-order valence-corrected chi connectivity index (χ3v) is 5.81. The molecule has 0 aliphatic rings. The second kappa shape index (κ2) is 5.84. The first-order valence-corrected chi connectivity index (χ1v) is 8.51. The fourth-order valence-corrected chi connectivity index (χ4v) is 4.25. The van der Waals surface area contributed by atoms with Crippen molar-refractivity contribution in [2.75, 3.05) is 0 Å². The van der Waals surface area contributed by atoms with Crippen LogP contribution in [0.3, 0.4) is 0 Å². The zero-order valence-corrected chi connectivity index (χ0v) is 12.7. The lowest BCUT2D eigenvalue weighted by Gasteiger charge is -2.15. The molecule has 0 saturated heterocycles. The van der Waals surface area contributed by atoms with E-state index in [4.69, 9.17) is 0 Å². The van der Waals surface area contributed by atoms with Gasteiger partial charge in [-0.05, 0) is 32.4 Å². The zero-order valence-electron chi connectivity index (χ0n) is 11.1. The summed E-state index contributed by atoms with van der Waals surface area (Å²) in [7, 11) is -8.29. The Kier molecular flexibility index (Phi) is 4.82. The largest absolute Gasteiger partial charge is 0.331 e. The van der Waals surface area contributed by atoms with Gasteiger partial charge in [0.05, 0.1) is 4.90 Å². The molecule has 0 spiro atoms. The van der Waals surface area contributed by atoms with Gasteiger partial charge in [-0.2, -0.15) is 13.1 Å². The highest BCUT2D eigenvalue weighted by Crippen LogP contribution is 2.20. The van der Waals surface area contributed by atoms with Crippen LogP contribution in [-0.2, 0) is 24.8 Å². The number of rotatable bonds is 5. The second-order valence-electron chi connectivity index (χ2n) is 4.23. The Labute approximate surface area is 117 Å². The summed E-state index contributed by atoms with van der Waals surface area (Å²) in [6, 6.07) is 4.70. The van der Waals surface area contributed by atoms with E-state index in [9.17, 15) is 21.6 Å². The lowest BCUT2D eigenvalue weighted by molar-refractivity contribution is 0.554. The normalized spacial score (nSPS) is 13.6. The number of carbonyl (C=O) groups excluding carboxylic acids is 1. The Hall–Kier alpha value is -1.54. The number of isocyanates is 1. The van der Waals surface area contributed by atoms with Crippen molar-refractivity contribution in [1.82, 2.24) is 4.72 Å². The highest BCUT2D eigenvalue weighted by atomic mass is 32.2. The molecular formula is C11H14N2O5S2. The monoisotopic (exact) mass is 318 g/mol. The molecule has 1 rings (SSSR count). The third-order valence-electron chi connectivity index (χ3n) is 2.57. The number of sulfone groups is 1. The van der Waals surface area contributed by atoms with Gasteiger partial charge in [0.25, 0.3) is 6.08 Å². The summed E-state index contributed by atoms with van der Waals surface area (Å²) in [4.78, 5) is 9.97. The summed E-state index contributed by atoms with van der Waals surface area (Å²) < 4.78 is 51.4. The van der Waals surface area contributed by atoms with Crippen molar-refractivity contribution in [3.05, 3.63) is 29.3 Å². The summed E-state index contributed by atoms with van der Waals surface area (Å²) in [5.74, 6) is 0. The number of nitrogens with zero attached hydrogens (tertiary/aromatic N) is 1. The second-order valence-corrected chi connectivity index (χ2v) is 7.84. The van der Waals surface area contributed by atoms with Crippen LogP contribution in [0.4, 0.5) is 0 Å². The van der Waals surface area contributed by atoms with E-state index in [2.05, 4.69) is 4.40 Å². The summed E-state index contributed by atoms with van der Waals surface area (Å²) in [5.41, 5.74) is 1.40. The van der Waals surface area contributed by atoms with Crippen LogP contribution in [0.15, 0.2) is 27.5 Å². The molecule has 0 fully saturated rings. The number of hydrogen-bond acceptors (Lipinski definition) is 5. The highest BCUT2D eigenvalue weighted by molar-refractivity contribution is 7.94. The molecule has 0 aliphatic heterocycles. The van der Waals surface area contributed by atoms with E-state index in [1.165, 1.54) is 6.07 Å². The molecule has 110 valence electrons. The minimum Gasteiger partial charge on any atom is -0.222 e. The molecule has 0 bridgehead atoms. The van der Waals surface area contributed by atoms with Crippen molar-refractivity contribution in [3.63, 3.8) is 0 Å². The van der Waals surface area contributed by atoms with Gasteiger partial charge in [0, 0.05) is 0 Å². The molecule has 0 heterocycles. The molecule has 0 radical (unpaired) electrons. The highest BCUT2D eigenvalue weighted by Gasteiger charge is 2.28. The van der Waals surface area contributed by atoms with Crippen molar-refractivity contribution in [2.24, 2.45) is 4.40 Å². The molecule has 0 saturated carbocycles. The average Bonchev–Trinajstić information content (AvgIpc) is 2.27. The topological polar surface area (TPSA) is 110 Å². The molecular weight excluding hydrogens is 304 g/mol. The van der Waals surface area contributed by atoms with Gasteiger partial charge in [0.15, 0.2) is 9.84 Å². The van der Waals surface area contributed by atoms with E-state index in [0.717, 1.165) is 18.6 Å². The molecule has 1 N–H and O–H groups in total.